The molecular weight excluding hydrogens is 254 g/mol. The minimum Gasteiger partial charge on any atom is -0.478 e. The summed E-state index contributed by atoms with van der Waals surface area (Å²) in [7, 11) is 0. The van der Waals surface area contributed by atoms with Gasteiger partial charge in [-0.25, -0.2) is 4.79 Å². The summed E-state index contributed by atoms with van der Waals surface area (Å²) in [5.41, 5.74) is 2.62. The lowest BCUT2D eigenvalue weighted by Gasteiger charge is -2.10. The second kappa shape index (κ2) is 5.12. The number of nitrogens with one attached hydrogen (secondary N) is 1. The van der Waals surface area contributed by atoms with Crippen molar-refractivity contribution in [3.8, 4) is 0 Å². The first-order valence-corrected chi connectivity index (χ1v) is 6.62. The van der Waals surface area contributed by atoms with Gasteiger partial charge in [0.05, 0.1) is 0 Å². The SMILES string of the molecule is Cc1cc(/C=C/C(=O)O)ccc1NC(=O)C1CC1(C)C. The number of hydrogen-bond donors (Lipinski definition) is 2. The maximum absolute atomic E-state index is 12.0. The number of aryl methyl sites for hydroxylation is 1. The van der Waals surface area contributed by atoms with Crippen LogP contribution in [0.15, 0.2) is 24.3 Å². The van der Waals surface area contributed by atoms with Gasteiger partial charge < -0.3 is 10.4 Å². The van der Waals surface area contributed by atoms with E-state index in [-0.39, 0.29) is 17.2 Å². The van der Waals surface area contributed by atoms with Crippen LogP contribution in [0.25, 0.3) is 6.08 Å². The summed E-state index contributed by atoms with van der Waals surface area (Å²) in [4.78, 5) is 22.5. The molecule has 0 radical (unpaired) electrons. The number of anilines is 1. The number of amides is 1. The molecule has 20 heavy (non-hydrogen) atoms. The largest absolute Gasteiger partial charge is 0.478 e. The third-order valence-corrected chi connectivity index (χ3v) is 3.76. The lowest BCUT2D eigenvalue weighted by atomic mass is 10.1. The van der Waals surface area contributed by atoms with E-state index in [1.54, 1.807) is 6.07 Å². The zero-order valence-corrected chi connectivity index (χ0v) is 11.9. The average Bonchev–Trinajstić information content (AvgIpc) is 2.99. The van der Waals surface area contributed by atoms with E-state index in [4.69, 9.17) is 5.11 Å². The molecule has 1 aromatic carbocycles. The summed E-state index contributed by atoms with van der Waals surface area (Å²) in [6.45, 7) is 6.07. The Hall–Kier alpha value is -2.10. The van der Waals surface area contributed by atoms with Crippen molar-refractivity contribution < 1.29 is 14.7 Å². The quantitative estimate of drug-likeness (QED) is 0.828. The molecule has 1 aliphatic carbocycles. The van der Waals surface area contributed by atoms with Crippen LogP contribution in [0.4, 0.5) is 5.69 Å². The molecule has 2 rings (SSSR count). The van der Waals surface area contributed by atoms with Gasteiger partial charge in [-0.2, -0.15) is 0 Å². The highest BCUT2D eigenvalue weighted by atomic mass is 16.4. The molecule has 1 aromatic rings. The number of carbonyl (C=O) groups excluding carboxylic acids is 1. The molecule has 2 N–H and O–H groups in total. The molecule has 1 aliphatic rings. The first-order valence-electron chi connectivity index (χ1n) is 6.62. The molecule has 4 nitrogen and oxygen atoms in total. The molecule has 0 saturated heterocycles. The fourth-order valence-corrected chi connectivity index (χ4v) is 2.23. The standard InChI is InChI=1S/C16H19NO3/c1-10-8-11(5-7-14(18)19)4-6-13(10)17-15(20)12-9-16(12,2)3/h4-8,12H,9H2,1-3H3,(H,17,20)(H,18,19)/b7-5+. The van der Waals surface area contributed by atoms with Crippen LogP contribution in [0.1, 0.15) is 31.4 Å². The normalized spacial score (nSPS) is 19.9. The lowest BCUT2D eigenvalue weighted by molar-refractivity contribution is -0.131. The average molecular weight is 273 g/mol. The van der Waals surface area contributed by atoms with E-state index in [1.165, 1.54) is 6.08 Å². The summed E-state index contributed by atoms with van der Waals surface area (Å²) in [5.74, 6) is -0.823. The topological polar surface area (TPSA) is 66.4 Å². The molecule has 106 valence electrons. The molecule has 1 unspecified atom stereocenters. The molecule has 0 bridgehead atoms. The first kappa shape index (κ1) is 14.3. The molecule has 4 heteroatoms. The van der Waals surface area contributed by atoms with Crippen molar-refractivity contribution in [3.05, 3.63) is 35.4 Å². The zero-order chi connectivity index (χ0) is 14.9. The van der Waals surface area contributed by atoms with E-state index < -0.39 is 5.97 Å². The molecule has 0 heterocycles. The van der Waals surface area contributed by atoms with Crippen molar-refractivity contribution in [3.63, 3.8) is 0 Å². The van der Waals surface area contributed by atoms with Crippen LogP contribution in [-0.4, -0.2) is 17.0 Å². The Morgan fingerprint density at radius 2 is 2.05 bits per heavy atom. The van der Waals surface area contributed by atoms with Gasteiger partial charge in [0.2, 0.25) is 5.91 Å². The van der Waals surface area contributed by atoms with Gasteiger partial charge in [0.1, 0.15) is 0 Å². The molecule has 1 atom stereocenters. The van der Waals surface area contributed by atoms with Gasteiger partial charge in [0.25, 0.3) is 0 Å². The van der Waals surface area contributed by atoms with Crippen molar-refractivity contribution in [1.82, 2.24) is 0 Å². The predicted molar refractivity (Wildman–Crippen MR) is 78.4 cm³/mol. The Morgan fingerprint density at radius 3 is 2.55 bits per heavy atom. The number of carboxylic acids is 1. The second-order valence-electron chi connectivity index (χ2n) is 5.98. The van der Waals surface area contributed by atoms with Gasteiger partial charge in [0, 0.05) is 17.7 Å². The fourth-order valence-electron chi connectivity index (χ4n) is 2.23. The first-order chi connectivity index (χ1) is 9.29. The summed E-state index contributed by atoms with van der Waals surface area (Å²) < 4.78 is 0. The summed E-state index contributed by atoms with van der Waals surface area (Å²) in [6.07, 6.45) is 3.56. The lowest BCUT2D eigenvalue weighted by Crippen LogP contribution is -2.17. The number of hydrogen-bond acceptors (Lipinski definition) is 2. The van der Waals surface area contributed by atoms with Gasteiger partial charge >= 0.3 is 5.97 Å². The Bertz CT molecular complexity index is 587. The second-order valence-corrected chi connectivity index (χ2v) is 5.98. The fraction of sp³-hybridized carbons (Fsp3) is 0.375. The van der Waals surface area contributed by atoms with Crippen LogP contribution >= 0.6 is 0 Å². The van der Waals surface area contributed by atoms with Crippen molar-refractivity contribution in [1.29, 1.82) is 0 Å². The molecule has 1 saturated carbocycles. The van der Waals surface area contributed by atoms with Gasteiger partial charge in [0.15, 0.2) is 0 Å². The molecule has 0 aromatic heterocycles. The highest BCUT2D eigenvalue weighted by Gasteiger charge is 2.50. The molecule has 1 amide bonds. The van der Waals surface area contributed by atoms with Crippen LogP contribution in [0.2, 0.25) is 0 Å². The smallest absolute Gasteiger partial charge is 0.328 e. The van der Waals surface area contributed by atoms with E-state index in [0.29, 0.717) is 0 Å². The predicted octanol–water partition coefficient (Wildman–Crippen LogP) is 3.08. The number of benzene rings is 1. The number of rotatable bonds is 4. The van der Waals surface area contributed by atoms with Crippen LogP contribution in [0.5, 0.6) is 0 Å². The molecular formula is C16H19NO3. The van der Waals surface area contributed by atoms with Crippen LogP contribution in [0.3, 0.4) is 0 Å². The number of carbonyl (C=O) groups is 2. The molecule has 1 fully saturated rings. The van der Waals surface area contributed by atoms with E-state index in [1.807, 2.05) is 19.1 Å². The van der Waals surface area contributed by atoms with Gasteiger partial charge in [-0.05, 0) is 48.1 Å². The minimum absolute atomic E-state index is 0.0620. The van der Waals surface area contributed by atoms with E-state index >= 15 is 0 Å². The Balaban J connectivity index is 2.07. The van der Waals surface area contributed by atoms with E-state index in [9.17, 15) is 9.59 Å². The highest BCUT2D eigenvalue weighted by Crippen LogP contribution is 2.52. The van der Waals surface area contributed by atoms with Crippen molar-refractivity contribution >= 4 is 23.6 Å². The van der Waals surface area contributed by atoms with Crippen LogP contribution < -0.4 is 5.32 Å². The summed E-state index contributed by atoms with van der Waals surface area (Å²) in [6, 6.07) is 5.46. The van der Waals surface area contributed by atoms with E-state index in [0.717, 1.165) is 29.3 Å². The highest BCUT2D eigenvalue weighted by molar-refractivity contribution is 5.95. The van der Waals surface area contributed by atoms with Crippen molar-refractivity contribution in [2.45, 2.75) is 27.2 Å². The molecule has 0 aliphatic heterocycles. The third kappa shape index (κ3) is 3.26. The minimum atomic E-state index is -0.976. The third-order valence-electron chi connectivity index (χ3n) is 3.76. The maximum atomic E-state index is 12.0. The van der Waals surface area contributed by atoms with Gasteiger partial charge in [-0.1, -0.05) is 19.9 Å². The Labute approximate surface area is 118 Å². The summed E-state index contributed by atoms with van der Waals surface area (Å²) >= 11 is 0. The monoisotopic (exact) mass is 273 g/mol. The van der Waals surface area contributed by atoms with Gasteiger partial charge in [-0.15, -0.1) is 0 Å². The number of aliphatic carboxylic acids is 1. The maximum Gasteiger partial charge on any atom is 0.328 e. The Morgan fingerprint density at radius 1 is 1.40 bits per heavy atom. The zero-order valence-electron chi connectivity index (χ0n) is 11.9. The number of carboxylic acid groups (broad SMARTS) is 1. The van der Waals surface area contributed by atoms with Crippen LogP contribution in [0, 0.1) is 18.3 Å². The summed E-state index contributed by atoms with van der Waals surface area (Å²) in [5, 5.41) is 11.5. The van der Waals surface area contributed by atoms with Crippen LogP contribution in [-0.2, 0) is 9.59 Å². The van der Waals surface area contributed by atoms with Crippen molar-refractivity contribution in [2.24, 2.45) is 11.3 Å². The van der Waals surface area contributed by atoms with E-state index in [2.05, 4.69) is 19.2 Å². The van der Waals surface area contributed by atoms with Crippen molar-refractivity contribution in [2.75, 3.05) is 5.32 Å². The molecule has 0 spiro atoms. The van der Waals surface area contributed by atoms with Gasteiger partial charge in [-0.3, -0.25) is 4.79 Å². The Kier molecular flexibility index (Phi) is 3.66.